The van der Waals surface area contributed by atoms with E-state index in [1.165, 1.54) is 33.8 Å². The summed E-state index contributed by atoms with van der Waals surface area (Å²) in [7, 11) is 1.62. The maximum absolute atomic E-state index is 15.2. The smallest absolute Gasteiger partial charge is 0.410 e. The Kier molecular flexibility index (Phi) is 6.85. The second kappa shape index (κ2) is 9.75. The lowest BCUT2D eigenvalue weighted by Crippen LogP contribution is -2.39. The molecule has 0 radical (unpaired) electrons. The molecular weight excluding hydrogens is 484 g/mol. The molecule has 0 unspecified atom stereocenters. The fourth-order valence-electron chi connectivity index (χ4n) is 3.84. The van der Waals surface area contributed by atoms with E-state index in [0.29, 0.717) is 31.0 Å². The quantitative estimate of drug-likeness (QED) is 0.388. The molecule has 0 fully saturated rings. The maximum atomic E-state index is 15.2. The fraction of sp³-hybridized carbons (Fsp3) is 0.400. The second-order valence-corrected chi connectivity index (χ2v) is 9.74. The highest BCUT2D eigenvalue weighted by molar-refractivity contribution is 5.68. The van der Waals surface area contributed by atoms with Crippen LogP contribution in [-0.2, 0) is 4.74 Å². The van der Waals surface area contributed by atoms with Crippen LogP contribution in [0.15, 0.2) is 35.5 Å². The molecule has 4 aromatic heterocycles. The number of hydrogen-bond donors (Lipinski definition) is 0. The number of imidazole rings is 1. The number of likely N-dealkylation sites (N-methyl/N-ethyl adjacent to an activating group) is 2. The highest BCUT2D eigenvalue weighted by Gasteiger charge is 2.21. The van der Waals surface area contributed by atoms with Gasteiger partial charge in [0.15, 0.2) is 28.8 Å². The van der Waals surface area contributed by atoms with Crippen LogP contribution >= 0.6 is 0 Å². The van der Waals surface area contributed by atoms with E-state index >= 15 is 4.39 Å². The zero-order valence-electron chi connectivity index (χ0n) is 21.6. The van der Waals surface area contributed by atoms with Crippen LogP contribution in [0.3, 0.4) is 0 Å². The number of amides is 1. The molecule has 0 spiro atoms. The first-order valence-corrected chi connectivity index (χ1v) is 11.8. The summed E-state index contributed by atoms with van der Waals surface area (Å²) in [5.41, 5.74) is -0.228. The Morgan fingerprint density at radius 3 is 2.41 bits per heavy atom. The Balaban J connectivity index is 1.63. The summed E-state index contributed by atoms with van der Waals surface area (Å²) >= 11 is 0. The summed E-state index contributed by atoms with van der Waals surface area (Å²) in [5, 5.41) is 0. The molecule has 37 heavy (non-hydrogen) atoms. The van der Waals surface area contributed by atoms with Crippen molar-refractivity contribution in [3.63, 3.8) is 0 Å². The number of fused-ring (bicyclic) bond motifs is 2. The van der Waals surface area contributed by atoms with Gasteiger partial charge in [0.25, 0.3) is 0 Å². The lowest BCUT2D eigenvalue weighted by atomic mass is 10.2. The fourth-order valence-corrected chi connectivity index (χ4v) is 3.84. The predicted molar refractivity (Wildman–Crippen MR) is 135 cm³/mol. The van der Waals surface area contributed by atoms with E-state index < -0.39 is 29.0 Å². The van der Waals surface area contributed by atoms with Crippen LogP contribution in [0.2, 0.25) is 0 Å². The normalized spacial score (nSPS) is 11.8. The van der Waals surface area contributed by atoms with Gasteiger partial charge in [-0.25, -0.2) is 32.7 Å². The SMILES string of the molecule is CCN(CCN(C)C(=O)OC(C)(C)C)c1cc(F)c2nc(-c3cc(F)c4nc(C)cn4c3)nc(=O)n2c1. The molecule has 0 aliphatic heterocycles. The van der Waals surface area contributed by atoms with Gasteiger partial charge < -0.3 is 18.9 Å². The van der Waals surface area contributed by atoms with Crippen molar-refractivity contribution < 1.29 is 18.3 Å². The van der Waals surface area contributed by atoms with E-state index in [1.54, 1.807) is 40.9 Å². The molecule has 0 saturated carbocycles. The lowest BCUT2D eigenvalue weighted by molar-refractivity contribution is 0.0303. The molecule has 4 aromatic rings. The molecule has 196 valence electrons. The van der Waals surface area contributed by atoms with Crippen molar-refractivity contribution in [1.29, 1.82) is 0 Å². The average Bonchev–Trinajstić information content (AvgIpc) is 3.19. The molecule has 10 nitrogen and oxygen atoms in total. The van der Waals surface area contributed by atoms with Crippen molar-refractivity contribution in [2.45, 2.75) is 40.2 Å². The number of ether oxygens (including phenoxy) is 1. The summed E-state index contributed by atoms with van der Waals surface area (Å²) in [4.78, 5) is 40.6. The Bertz CT molecular complexity index is 1540. The van der Waals surface area contributed by atoms with Crippen molar-refractivity contribution in [1.82, 2.24) is 28.7 Å². The molecule has 0 bridgehead atoms. The molecule has 12 heteroatoms. The molecule has 1 amide bonds. The topological polar surface area (TPSA) is 97.3 Å². The Morgan fingerprint density at radius 2 is 1.73 bits per heavy atom. The van der Waals surface area contributed by atoms with Crippen LogP contribution in [0.4, 0.5) is 19.3 Å². The van der Waals surface area contributed by atoms with Gasteiger partial charge in [-0.2, -0.15) is 4.98 Å². The van der Waals surface area contributed by atoms with E-state index in [9.17, 15) is 14.0 Å². The minimum Gasteiger partial charge on any atom is -0.444 e. The number of anilines is 1. The minimum absolute atomic E-state index is 0.102. The number of aromatic nitrogens is 5. The van der Waals surface area contributed by atoms with Gasteiger partial charge >= 0.3 is 11.8 Å². The second-order valence-electron chi connectivity index (χ2n) is 9.74. The van der Waals surface area contributed by atoms with E-state index in [0.717, 1.165) is 4.40 Å². The van der Waals surface area contributed by atoms with Gasteiger partial charge in [-0.05, 0) is 40.7 Å². The van der Waals surface area contributed by atoms with Crippen molar-refractivity contribution in [2.24, 2.45) is 0 Å². The standard InChI is InChI=1S/C25H29F2N7O3/c1-7-32(9-8-31(6)24(36)37-25(3,4)5)17-11-19(27)22-29-20(30-23(35)34(22)14-17)16-10-18(26)21-28-15(2)12-33(21)13-16/h10-14H,7-9H2,1-6H3. The largest absolute Gasteiger partial charge is 0.444 e. The number of pyridine rings is 2. The number of nitrogens with zero attached hydrogens (tertiary/aromatic N) is 7. The van der Waals surface area contributed by atoms with E-state index in [-0.39, 0.29) is 22.7 Å². The molecule has 0 aromatic carbocycles. The third-order valence-electron chi connectivity index (χ3n) is 5.64. The zero-order chi connectivity index (χ0) is 27.1. The molecule has 0 N–H and O–H groups in total. The molecule has 0 aliphatic rings. The van der Waals surface area contributed by atoms with Gasteiger partial charge in [-0.15, -0.1) is 0 Å². The van der Waals surface area contributed by atoms with Crippen LogP contribution < -0.4 is 10.6 Å². The van der Waals surface area contributed by atoms with Crippen molar-refractivity contribution in [3.05, 3.63) is 58.5 Å². The van der Waals surface area contributed by atoms with Gasteiger partial charge in [0.2, 0.25) is 0 Å². The Labute approximate surface area is 212 Å². The van der Waals surface area contributed by atoms with Crippen LogP contribution in [-0.4, -0.2) is 67.0 Å². The van der Waals surface area contributed by atoms with Gasteiger partial charge in [0.05, 0.1) is 11.4 Å². The summed E-state index contributed by atoms with van der Waals surface area (Å²) in [5.74, 6) is -1.45. The van der Waals surface area contributed by atoms with Gasteiger partial charge in [-0.1, -0.05) is 0 Å². The monoisotopic (exact) mass is 513 g/mol. The number of carbonyl (C=O) groups excluding carboxylic acids is 1. The molecule has 0 aliphatic carbocycles. The average molecular weight is 514 g/mol. The highest BCUT2D eigenvalue weighted by Crippen LogP contribution is 2.22. The predicted octanol–water partition coefficient (Wildman–Crippen LogP) is 3.68. The Morgan fingerprint density at radius 1 is 1.03 bits per heavy atom. The van der Waals surface area contributed by atoms with Gasteiger partial charge in [-0.3, -0.25) is 0 Å². The first-order chi connectivity index (χ1) is 17.4. The first-order valence-electron chi connectivity index (χ1n) is 11.8. The third-order valence-corrected chi connectivity index (χ3v) is 5.64. The number of carbonyl (C=O) groups is 1. The van der Waals surface area contributed by atoms with Gasteiger partial charge in [0, 0.05) is 56.9 Å². The molecular formula is C25H29F2N7O3. The van der Waals surface area contributed by atoms with Crippen molar-refractivity contribution >= 4 is 23.1 Å². The third kappa shape index (κ3) is 5.52. The van der Waals surface area contributed by atoms with Crippen molar-refractivity contribution in [2.75, 3.05) is 31.6 Å². The van der Waals surface area contributed by atoms with Crippen LogP contribution in [0, 0.1) is 18.6 Å². The summed E-state index contributed by atoms with van der Waals surface area (Å²) in [6, 6.07) is 2.44. The molecule has 0 atom stereocenters. The van der Waals surface area contributed by atoms with Crippen LogP contribution in [0.25, 0.3) is 22.7 Å². The van der Waals surface area contributed by atoms with E-state index in [2.05, 4.69) is 15.0 Å². The van der Waals surface area contributed by atoms with E-state index in [4.69, 9.17) is 4.74 Å². The highest BCUT2D eigenvalue weighted by atomic mass is 19.1. The molecule has 4 heterocycles. The zero-order valence-corrected chi connectivity index (χ0v) is 21.6. The summed E-state index contributed by atoms with van der Waals surface area (Å²) in [6.07, 6.45) is 4.15. The molecule has 0 saturated heterocycles. The lowest BCUT2D eigenvalue weighted by Gasteiger charge is -2.28. The first kappa shape index (κ1) is 26.0. The Hall–Kier alpha value is -4.09. The van der Waals surface area contributed by atoms with E-state index in [1.807, 2.05) is 11.8 Å². The van der Waals surface area contributed by atoms with Crippen LogP contribution in [0.1, 0.15) is 33.4 Å². The minimum atomic E-state index is -0.759. The number of aryl methyl sites for hydroxylation is 1. The van der Waals surface area contributed by atoms with Crippen molar-refractivity contribution in [3.8, 4) is 11.4 Å². The summed E-state index contributed by atoms with van der Waals surface area (Å²) in [6.45, 7) is 10.1. The number of rotatable bonds is 6. The molecule has 4 rings (SSSR count). The maximum Gasteiger partial charge on any atom is 0.410 e. The van der Waals surface area contributed by atoms with Gasteiger partial charge in [0.1, 0.15) is 5.60 Å². The number of hydrogen-bond acceptors (Lipinski definition) is 7. The number of halogens is 2. The van der Waals surface area contributed by atoms with Crippen LogP contribution in [0.5, 0.6) is 0 Å². The summed E-state index contributed by atoms with van der Waals surface area (Å²) < 4.78 is 37.6.